The zero-order chi connectivity index (χ0) is 31.6. The number of hydrogen-bond donors (Lipinski definition) is 3. The van der Waals surface area contributed by atoms with E-state index in [1.54, 1.807) is 49.6 Å². The monoisotopic (exact) mass is 634 g/mol. The summed E-state index contributed by atoms with van der Waals surface area (Å²) < 4.78 is 5.28. The Balaban J connectivity index is 1.18. The largest absolute Gasteiger partial charge is 0.497 e. The minimum absolute atomic E-state index is 0.116. The standard InChI is InChI=1S/C35H30N4O4S2/c1-23-9-6-7-12-25(23)20-30(37-33(41)24-10-4-3-5-11-24)34(42)36-27-15-17-29(18-16-27)44-22-32(40)39-35-38-31(21-45-35)26-13-8-14-28(19-26)43-2/h3-21H,22H2,1-2H3,(H,36,42)(H,37,41)(H,38,39,40)/b30-20-. The van der Waals surface area contributed by atoms with E-state index in [9.17, 15) is 14.4 Å². The van der Waals surface area contributed by atoms with Gasteiger partial charge < -0.3 is 20.7 Å². The van der Waals surface area contributed by atoms with Crippen LogP contribution in [0.15, 0.2) is 119 Å². The van der Waals surface area contributed by atoms with Gasteiger partial charge in [0.15, 0.2) is 5.13 Å². The number of anilines is 2. The van der Waals surface area contributed by atoms with Gasteiger partial charge in [-0.1, -0.05) is 54.6 Å². The predicted octanol–water partition coefficient (Wildman–Crippen LogP) is 7.27. The van der Waals surface area contributed by atoms with E-state index in [0.717, 1.165) is 33.0 Å². The average Bonchev–Trinajstić information content (AvgIpc) is 3.54. The van der Waals surface area contributed by atoms with Crippen LogP contribution in [0, 0.1) is 6.92 Å². The van der Waals surface area contributed by atoms with E-state index >= 15 is 0 Å². The topological polar surface area (TPSA) is 109 Å². The lowest BCUT2D eigenvalue weighted by molar-refractivity contribution is -0.114. The Morgan fingerprint density at radius 2 is 1.64 bits per heavy atom. The molecule has 1 heterocycles. The van der Waals surface area contributed by atoms with E-state index in [-0.39, 0.29) is 23.3 Å². The molecular formula is C35H30N4O4S2. The molecule has 0 radical (unpaired) electrons. The number of benzene rings is 4. The molecule has 0 fully saturated rings. The first-order chi connectivity index (χ1) is 21.9. The zero-order valence-electron chi connectivity index (χ0n) is 24.6. The minimum atomic E-state index is -0.459. The third kappa shape index (κ3) is 8.69. The maximum absolute atomic E-state index is 13.3. The fourth-order valence-electron chi connectivity index (χ4n) is 4.23. The molecule has 4 aromatic carbocycles. The lowest BCUT2D eigenvalue weighted by atomic mass is 10.1. The maximum Gasteiger partial charge on any atom is 0.272 e. The molecular weight excluding hydrogens is 605 g/mol. The van der Waals surface area contributed by atoms with Crippen LogP contribution in [0.5, 0.6) is 5.75 Å². The van der Waals surface area contributed by atoms with Gasteiger partial charge in [0.2, 0.25) is 5.91 Å². The first-order valence-corrected chi connectivity index (χ1v) is 15.8. The summed E-state index contributed by atoms with van der Waals surface area (Å²) in [6, 6.07) is 31.1. The molecule has 1 aromatic heterocycles. The highest BCUT2D eigenvalue weighted by Crippen LogP contribution is 2.28. The van der Waals surface area contributed by atoms with Crippen LogP contribution in [0.2, 0.25) is 0 Å². The van der Waals surface area contributed by atoms with E-state index in [0.29, 0.717) is 16.4 Å². The Labute approximate surface area is 269 Å². The van der Waals surface area contributed by atoms with Crippen molar-refractivity contribution in [3.8, 4) is 17.0 Å². The normalized spacial score (nSPS) is 11.0. The average molecular weight is 635 g/mol. The molecule has 0 atom stereocenters. The first-order valence-electron chi connectivity index (χ1n) is 14.0. The van der Waals surface area contributed by atoms with E-state index in [1.165, 1.54) is 23.1 Å². The summed E-state index contributed by atoms with van der Waals surface area (Å²) in [5, 5.41) is 10.9. The van der Waals surface area contributed by atoms with Crippen LogP contribution in [0.1, 0.15) is 21.5 Å². The van der Waals surface area contributed by atoms with Crippen molar-refractivity contribution in [3.63, 3.8) is 0 Å². The quantitative estimate of drug-likeness (QED) is 0.104. The number of nitrogens with one attached hydrogen (secondary N) is 3. The summed E-state index contributed by atoms with van der Waals surface area (Å²) in [7, 11) is 1.61. The second-order valence-corrected chi connectivity index (χ2v) is 11.7. The third-order valence-electron chi connectivity index (χ3n) is 6.62. The Hall–Kier alpha value is -5.19. The van der Waals surface area contributed by atoms with E-state index in [4.69, 9.17) is 4.74 Å². The number of nitrogens with zero attached hydrogens (tertiary/aromatic N) is 1. The number of methoxy groups -OCH3 is 1. The summed E-state index contributed by atoms with van der Waals surface area (Å²) in [5.41, 5.74) is 4.56. The third-order valence-corrected chi connectivity index (χ3v) is 8.39. The van der Waals surface area contributed by atoms with Crippen LogP contribution in [-0.4, -0.2) is 35.6 Å². The van der Waals surface area contributed by atoms with Crippen molar-refractivity contribution >= 4 is 57.7 Å². The first kappa shape index (κ1) is 31.2. The molecule has 3 amide bonds. The summed E-state index contributed by atoms with van der Waals surface area (Å²) in [6.45, 7) is 1.94. The predicted molar refractivity (Wildman–Crippen MR) is 182 cm³/mol. The fourth-order valence-corrected chi connectivity index (χ4v) is 5.66. The van der Waals surface area contributed by atoms with E-state index in [1.807, 2.05) is 79.0 Å². The summed E-state index contributed by atoms with van der Waals surface area (Å²) in [5.74, 6) is -0.0932. The highest BCUT2D eigenvalue weighted by molar-refractivity contribution is 8.00. The Morgan fingerprint density at radius 3 is 2.40 bits per heavy atom. The number of aromatic nitrogens is 1. The number of thioether (sulfide) groups is 1. The Morgan fingerprint density at radius 1 is 0.889 bits per heavy atom. The summed E-state index contributed by atoms with van der Waals surface area (Å²) >= 11 is 2.72. The molecule has 226 valence electrons. The molecule has 0 unspecified atom stereocenters. The molecule has 0 saturated carbocycles. The number of carbonyl (C=O) groups is 3. The van der Waals surface area contributed by atoms with Gasteiger partial charge in [-0.3, -0.25) is 14.4 Å². The molecule has 0 bridgehead atoms. The number of carbonyl (C=O) groups excluding carboxylic acids is 3. The minimum Gasteiger partial charge on any atom is -0.497 e. The molecule has 0 saturated heterocycles. The lowest BCUT2D eigenvalue weighted by Crippen LogP contribution is -2.30. The molecule has 0 aliphatic carbocycles. The summed E-state index contributed by atoms with van der Waals surface area (Å²) in [6.07, 6.45) is 1.66. The number of amides is 3. The highest BCUT2D eigenvalue weighted by atomic mass is 32.2. The molecule has 0 spiro atoms. The molecule has 10 heteroatoms. The molecule has 0 aliphatic heterocycles. The summed E-state index contributed by atoms with van der Waals surface area (Å²) in [4.78, 5) is 44.2. The van der Waals surface area contributed by atoms with Crippen molar-refractivity contribution < 1.29 is 19.1 Å². The number of thiazole rings is 1. The maximum atomic E-state index is 13.3. The molecule has 45 heavy (non-hydrogen) atoms. The van der Waals surface area contributed by atoms with Crippen molar-refractivity contribution in [1.82, 2.24) is 10.3 Å². The number of hydrogen-bond acceptors (Lipinski definition) is 7. The van der Waals surface area contributed by atoms with Crippen molar-refractivity contribution in [1.29, 1.82) is 0 Å². The molecule has 3 N–H and O–H groups in total. The van der Waals surface area contributed by atoms with Gasteiger partial charge in [0.05, 0.1) is 18.6 Å². The van der Waals surface area contributed by atoms with Gasteiger partial charge >= 0.3 is 0 Å². The second kappa shape index (κ2) is 15.0. The molecule has 0 aliphatic rings. The highest BCUT2D eigenvalue weighted by Gasteiger charge is 2.16. The van der Waals surface area contributed by atoms with Gasteiger partial charge in [0.25, 0.3) is 11.8 Å². The van der Waals surface area contributed by atoms with Crippen molar-refractivity contribution in [2.75, 3.05) is 23.5 Å². The molecule has 5 aromatic rings. The van der Waals surface area contributed by atoms with Crippen LogP contribution < -0.4 is 20.7 Å². The van der Waals surface area contributed by atoms with Crippen LogP contribution in [0.3, 0.4) is 0 Å². The number of aryl methyl sites for hydroxylation is 1. The van der Waals surface area contributed by atoms with Crippen LogP contribution in [0.4, 0.5) is 10.8 Å². The molecule has 8 nitrogen and oxygen atoms in total. The lowest BCUT2D eigenvalue weighted by Gasteiger charge is -2.12. The van der Waals surface area contributed by atoms with Gasteiger partial charge in [-0.25, -0.2) is 4.98 Å². The number of ether oxygens (including phenoxy) is 1. The van der Waals surface area contributed by atoms with Gasteiger partial charge in [-0.2, -0.15) is 0 Å². The SMILES string of the molecule is COc1cccc(-c2csc(NC(=O)CSc3ccc(NC(=O)/C(=C/c4ccccc4C)NC(=O)c4ccccc4)cc3)n2)c1. The Bertz CT molecular complexity index is 1840. The van der Waals surface area contributed by atoms with Crippen molar-refractivity contribution in [2.24, 2.45) is 0 Å². The van der Waals surface area contributed by atoms with E-state index in [2.05, 4.69) is 20.9 Å². The molecule has 5 rings (SSSR count). The van der Waals surface area contributed by atoms with Gasteiger partial charge in [0.1, 0.15) is 11.4 Å². The smallest absolute Gasteiger partial charge is 0.272 e. The van der Waals surface area contributed by atoms with Crippen molar-refractivity contribution in [2.45, 2.75) is 11.8 Å². The van der Waals surface area contributed by atoms with Crippen LogP contribution in [-0.2, 0) is 9.59 Å². The van der Waals surface area contributed by atoms with Crippen LogP contribution in [0.25, 0.3) is 17.3 Å². The van der Waals surface area contributed by atoms with Gasteiger partial charge in [-0.05, 0) is 72.7 Å². The van der Waals surface area contributed by atoms with Crippen molar-refractivity contribution in [3.05, 3.63) is 131 Å². The fraction of sp³-hybridized carbons (Fsp3) is 0.0857. The Kier molecular flexibility index (Phi) is 10.4. The number of rotatable bonds is 11. The second-order valence-electron chi connectivity index (χ2n) is 9.82. The van der Waals surface area contributed by atoms with Gasteiger partial charge in [0, 0.05) is 27.1 Å². The zero-order valence-corrected chi connectivity index (χ0v) is 26.2. The van der Waals surface area contributed by atoms with Gasteiger partial charge in [-0.15, -0.1) is 23.1 Å². The van der Waals surface area contributed by atoms with E-state index < -0.39 is 5.91 Å². The van der Waals surface area contributed by atoms with Crippen LogP contribution >= 0.6 is 23.1 Å².